The number of fused-ring (bicyclic) bond motifs is 7. The van der Waals surface area contributed by atoms with E-state index in [-0.39, 0.29) is 12.5 Å². The number of hydrogen-bond donors (Lipinski definition) is 2. The fourth-order valence-electron chi connectivity index (χ4n) is 7.28. The van der Waals surface area contributed by atoms with Gasteiger partial charge in [-0.1, -0.05) is 90.5 Å². The van der Waals surface area contributed by atoms with Crippen molar-refractivity contribution in [3.63, 3.8) is 0 Å². The van der Waals surface area contributed by atoms with E-state index in [1.807, 2.05) is 49.4 Å². The van der Waals surface area contributed by atoms with Crippen LogP contribution in [0.15, 0.2) is 146 Å². The van der Waals surface area contributed by atoms with Gasteiger partial charge in [-0.2, -0.15) is 0 Å². The number of nitrogens with one attached hydrogen (secondary N) is 1. The number of nitrogens with zero attached hydrogens (tertiary/aromatic N) is 2. The maximum Gasteiger partial charge on any atom is 0.256 e. The van der Waals surface area contributed by atoms with Crippen molar-refractivity contribution in [1.82, 2.24) is 9.13 Å². The minimum absolute atomic E-state index is 0.258. The molecule has 9 rings (SSSR count). The Hall–Kier alpha value is -6.17. The molecule has 0 atom stereocenters. The Morgan fingerprint density at radius 1 is 0.583 bits per heavy atom. The van der Waals surface area contributed by atoms with Gasteiger partial charge in [0, 0.05) is 44.0 Å². The van der Waals surface area contributed by atoms with E-state index in [0.717, 1.165) is 60.5 Å². The molecule has 0 saturated heterocycles. The summed E-state index contributed by atoms with van der Waals surface area (Å²) in [6.07, 6.45) is 0. The van der Waals surface area contributed by atoms with Gasteiger partial charge in [0.15, 0.2) is 0 Å². The second kappa shape index (κ2) is 11.0. The largest absolute Gasteiger partial charge is 0.392 e. The number of amides is 1. The Balaban J connectivity index is 1.30. The zero-order valence-electron chi connectivity index (χ0n) is 26.3. The highest BCUT2D eigenvalue weighted by molar-refractivity contribution is 6.19. The molecular formula is C43H31N3O2. The zero-order valence-corrected chi connectivity index (χ0v) is 26.3. The molecule has 230 valence electrons. The first kappa shape index (κ1) is 28.1. The number of rotatable bonds is 5. The van der Waals surface area contributed by atoms with Crippen LogP contribution in [-0.4, -0.2) is 20.1 Å². The Labute approximate surface area is 276 Å². The fraction of sp³-hybridized carbons (Fsp3) is 0.0465. The van der Waals surface area contributed by atoms with Crippen molar-refractivity contribution < 1.29 is 9.90 Å². The molecule has 0 unspecified atom stereocenters. The average Bonchev–Trinajstić information content (AvgIpc) is 3.63. The molecule has 0 fully saturated rings. The number of carbonyl (C=O) groups is 1. The second-order valence-electron chi connectivity index (χ2n) is 12.4. The first-order chi connectivity index (χ1) is 23.6. The highest BCUT2D eigenvalue weighted by atomic mass is 16.3. The minimum atomic E-state index is -0.287. The molecule has 5 heteroatoms. The summed E-state index contributed by atoms with van der Waals surface area (Å²) in [5.41, 5.74) is 9.00. The van der Waals surface area contributed by atoms with Crippen LogP contribution in [0.4, 0.5) is 5.69 Å². The molecular weight excluding hydrogens is 590 g/mol. The third-order valence-corrected chi connectivity index (χ3v) is 9.56. The maximum absolute atomic E-state index is 13.6. The van der Waals surface area contributed by atoms with Gasteiger partial charge in [-0.05, 0) is 78.4 Å². The van der Waals surface area contributed by atoms with Crippen LogP contribution >= 0.6 is 0 Å². The molecule has 0 aliphatic rings. The maximum atomic E-state index is 13.6. The Morgan fingerprint density at radius 3 is 1.92 bits per heavy atom. The summed E-state index contributed by atoms with van der Waals surface area (Å²) in [6.45, 7) is 1.73. The normalized spacial score (nSPS) is 11.7. The smallest absolute Gasteiger partial charge is 0.256 e. The number of benzene rings is 7. The second-order valence-corrected chi connectivity index (χ2v) is 12.4. The van der Waals surface area contributed by atoms with Crippen LogP contribution in [0, 0.1) is 6.92 Å². The number of anilines is 1. The van der Waals surface area contributed by atoms with Crippen molar-refractivity contribution >= 4 is 66.0 Å². The van der Waals surface area contributed by atoms with Gasteiger partial charge in [-0.25, -0.2) is 0 Å². The van der Waals surface area contributed by atoms with Crippen molar-refractivity contribution in [1.29, 1.82) is 0 Å². The lowest BCUT2D eigenvalue weighted by Crippen LogP contribution is -2.16. The van der Waals surface area contributed by atoms with Crippen molar-refractivity contribution in [3.05, 3.63) is 162 Å². The molecule has 9 aromatic rings. The lowest BCUT2D eigenvalue weighted by atomic mass is 10.0. The van der Waals surface area contributed by atoms with Gasteiger partial charge in [0.25, 0.3) is 5.91 Å². The molecule has 1 amide bonds. The van der Waals surface area contributed by atoms with E-state index in [0.29, 0.717) is 16.8 Å². The highest BCUT2D eigenvalue weighted by Gasteiger charge is 2.22. The molecule has 0 aliphatic heterocycles. The SMILES string of the molecule is Cc1ccc(NC(=O)c2cccc(-n3c4ccccc4c4cc5c(cc43)c3ccccc3n5-c3ccc4ccccc4c3)c2CO)cc1. The lowest BCUT2D eigenvalue weighted by Gasteiger charge is -2.16. The Morgan fingerprint density at radius 2 is 1.21 bits per heavy atom. The average molecular weight is 622 g/mol. The number of para-hydroxylation sites is 2. The van der Waals surface area contributed by atoms with Gasteiger partial charge in [-0.3, -0.25) is 4.79 Å². The van der Waals surface area contributed by atoms with Crippen molar-refractivity contribution in [3.8, 4) is 11.4 Å². The summed E-state index contributed by atoms with van der Waals surface area (Å²) in [5.74, 6) is -0.258. The van der Waals surface area contributed by atoms with Gasteiger partial charge >= 0.3 is 0 Å². The molecule has 2 heterocycles. The molecule has 0 spiro atoms. The molecule has 2 N–H and O–H groups in total. The van der Waals surface area contributed by atoms with Crippen LogP contribution in [0.5, 0.6) is 0 Å². The monoisotopic (exact) mass is 621 g/mol. The van der Waals surface area contributed by atoms with E-state index in [1.54, 1.807) is 6.07 Å². The summed E-state index contributed by atoms with van der Waals surface area (Å²) < 4.78 is 4.55. The first-order valence-corrected chi connectivity index (χ1v) is 16.2. The lowest BCUT2D eigenvalue weighted by molar-refractivity contribution is 0.102. The molecule has 0 radical (unpaired) electrons. The first-order valence-electron chi connectivity index (χ1n) is 16.2. The highest BCUT2D eigenvalue weighted by Crippen LogP contribution is 2.40. The third-order valence-electron chi connectivity index (χ3n) is 9.56. The van der Waals surface area contributed by atoms with Crippen LogP contribution < -0.4 is 5.32 Å². The number of carbonyl (C=O) groups excluding carboxylic acids is 1. The molecule has 0 saturated carbocycles. The summed E-state index contributed by atoms with van der Waals surface area (Å²) >= 11 is 0. The van der Waals surface area contributed by atoms with Crippen LogP contribution in [-0.2, 0) is 6.61 Å². The Kier molecular flexibility index (Phi) is 6.42. The molecule has 5 nitrogen and oxygen atoms in total. The summed E-state index contributed by atoms with van der Waals surface area (Å²) in [4.78, 5) is 13.6. The van der Waals surface area contributed by atoms with Crippen LogP contribution in [0.1, 0.15) is 21.5 Å². The number of hydrogen-bond acceptors (Lipinski definition) is 2. The molecule has 0 bridgehead atoms. The number of aryl methyl sites for hydroxylation is 1. The fourth-order valence-corrected chi connectivity index (χ4v) is 7.28. The number of aliphatic hydroxyl groups is 1. The zero-order chi connectivity index (χ0) is 32.4. The van der Waals surface area contributed by atoms with E-state index >= 15 is 0 Å². The van der Waals surface area contributed by atoms with Crippen LogP contribution in [0.3, 0.4) is 0 Å². The number of aromatic nitrogens is 2. The standard InChI is InChI=1S/C43H31N3O2/c1-27-17-20-30(21-18-27)44-43(48)34-13-8-16-40(37(34)26-47)46-39-15-7-5-12-33(39)36-24-41-35(25-42(36)46)32-11-4-6-14-38(32)45(41)31-22-19-28-9-2-3-10-29(28)23-31/h2-25,47H,26H2,1H3,(H,44,48). The van der Waals surface area contributed by atoms with Crippen LogP contribution in [0.25, 0.3) is 65.8 Å². The molecule has 0 aliphatic carbocycles. The van der Waals surface area contributed by atoms with Gasteiger partial charge < -0.3 is 19.6 Å². The van der Waals surface area contributed by atoms with Crippen molar-refractivity contribution in [2.75, 3.05) is 5.32 Å². The minimum Gasteiger partial charge on any atom is -0.392 e. The van der Waals surface area contributed by atoms with E-state index in [2.05, 4.69) is 112 Å². The quantitative estimate of drug-likeness (QED) is 0.201. The molecule has 2 aromatic heterocycles. The summed E-state index contributed by atoms with van der Waals surface area (Å²) in [5, 5.41) is 20.7. The molecule has 48 heavy (non-hydrogen) atoms. The predicted octanol–water partition coefficient (Wildman–Crippen LogP) is 10.1. The van der Waals surface area contributed by atoms with E-state index in [4.69, 9.17) is 0 Å². The van der Waals surface area contributed by atoms with E-state index < -0.39 is 0 Å². The van der Waals surface area contributed by atoms with Gasteiger partial charge in [0.2, 0.25) is 0 Å². The van der Waals surface area contributed by atoms with Crippen molar-refractivity contribution in [2.24, 2.45) is 0 Å². The predicted molar refractivity (Wildman–Crippen MR) is 198 cm³/mol. The van der Waals surface area contributed by atoms with E-state index in [9.17, 15) is 9.90 Å². The summed E-state index contributed by atoms with van der Waals surface area (Å²) in [7, 11) is 0. The van der Waals surface area contributed by atoms with Gasteiger partial charge in [0.1, 0.15) is 0 Å². The molecule has 7 aromatic carbocycles. The van der Waals surface area contributed by atoms with Gasteiger partial charge in [0.05, 0.1) is 34.4 Å². The topological polar surface area (TPSA) is 59.2 Å². The van der Waals surface area contributed by atoms with Crippen LogP contribution in [0.2, 0.25) is 0 Å². The Bertz CT molecular complexity index is 2720. The number of aliphatic hydroxyl groups excluding tert-OH is 1. The summed E-state index contributed by atoms with van der Waals surface area (Å²) in [6, 6.07) is 49.9. The van der Waals surface area contributed by atoms with E-state index in [1.165, 1.54) is 10.8 Å². The third kappa shape index (κ3) is 4.33. The van der Waals surface area contributed by atoms with Crippen molar-refractivity contribution in [2.45, 2.75) is 13.5 Å². The van der Waals surface area contributed by atoms with Gasteiger partial charge in [-0.15, -0.1) is 0 Å².